The van der Waals surface area contributed by atoms with E-state index in [0.717, 1.165) is 17.5 Å². The van der Waals surface area contributed by atoms with E-state index in [2.05, 4.69) is 20.1 Å². The van der Waals surface area contributed by atoms with E-state index in [1.165, 1.54) is 13.2 Å². The van der Waals surface area contributed by atoms with E-state index in [4.69, 9.17) is 9.47 Å². The van der Waals surface area contributed by atoms with E-state index < -0.39 is 11.9 Å². The summed E-state index contributed by atoms with van der Waals surface area (Å²) in [4.78, 5) is 43.4. The van der Waals surface area contributed by atoms with Crippen LogP contribution < -0.4 is 9.64 Å². The molecule has 0 unspecified atom stereocenters. The van der Waals surface area contributed by atoms with Gasteiger partial charge in [0.25, 0.3) is 0 Å². The first-order valence-electron chi connectivity index (χ1n) is 16.0. The number of unbranched alkanes of at least 4 members (excludes halogenated alkanes) is 1. The van der Waals surface area contributed by atoms with Gasteiger partial charge in [-0.25, -0.2) is 19.7 Å². The molecular weight excluding hydrogens is 641 g/mol. The molecule has 0 saturated carbocycles. The fourth-order valence-electron chi connectivity index (χ4n) is 5.85. The fraction of sp³-hybridized carbons (Fsp3) is 0.412. The van der Waals surface area contributed by atoms with Gasteiger partial charge in [-0.2, -0.15) is 18.3 Å². The number of carbonyl (C=O) groups is 2. The van der Waals surface area contributed by atoms with Crippen LogP contribution in [0.5, 0.6) is 5.75 Å². The normalized spacial score (nSPS) is 15.6. The molecule has 2 aliphatic rings. The molecule has 12 nitrogen and oxygen atoms in total. The standard InChI is InChI=1S/C34H37F3N8O4/c1-6-7-10-48-33(47)43(5)25-16-45(17-25)32-39-20(2)11-24(40-32)14-23-19-49-30-26(28-18-42(4)41-31(28)34(35,36)37)12-22(13-27(30)29(23)46)15-44-9-8-38-21(44)3/h8-9,11-14,18,25H,6-7,10,15-17,19H2,1-5H3/b23-14+. The van der Waals surface area contributed by atoms with Crippen molar-refractivity contribution in [1.29, 1.82) is 0 Å². The number of anilines is 1. The van der Waals surface area contributed by atoms with Gasteiger partial charge in [0.1, 0.15) is 18.2 Å². The molecule has 49 heavy (non-hydrogen) atoms. The number of aryl methyl sites for hydroxylation is 3. The smallest absolute Gasteiger partial charge is 0.435 e. The topological polar surface area (TPSA) is 121 Å². The quantitative estimate of drug-likeness (QED) is 0.168. The molecule has 1 fully saturated rings. The van der Waals surface area contributed by atoms with Crippen LogP contribution >= 0.6 is 0 Å². The van der Waals surface area contributed by atoms with Crippen molar-refractivity contribution in [2.45, 2.75) is 52.4 Å². The maximum absolute atomic E-state index is 14.1. The Morgan fingerprint density at radius 3 is 2.59 bits per heavy atom. The molecule has 0 radical (unpaired) electrons. The Hall–Kier alpha value is -5.21. The minimum absolute atomic E-state index is 0.0583. The number of benzene rings is 1. The minimum Gasteiger partial charge on any atom is -0.487 e. The molecule has 4 aromatic rings. The van der Waals surface area contributed by atoms with Gasteiger partial charge in [0, 0.05) is 74.7 Å². The molecule has 1 aromatic carbocycles. The monoisotopic (exact) mass is 678 g/mol. The maximum atomic E-state index is 14.1. The lowest BCUT2D eigenvalue weighted by atomic mass is 9.91. The average Bonchev–Trinajstić information content (AvgIpc) is 3.62. The van der Waals surface area contributed by atoms with Gasteiger partial charge in [0.15, 0.2) is 11.5 Å². The summed E-state index contributed by atoms with van der Waals surface area (Å²) < 4.78 is 56.6. The van der Waals surface area contributed by atoms with Gasteiger partial charge in [-0.1, -0.05) is 13.3 Å². The Bertz CT molecular complexity index is 1930. The van der Waals surface area contributed by atoms with E-state index in [1.54, 1.807) is 48.6 Å². The van der Waals surface area contributed by atoms with E-state index in [1.807, 2.05) is 30.2 Å². The van der Waals surface area contributed by atoms with Crippen LogP contribution in [0.3, 0.4) is 0 Å². The zero-order valence-corrected chi connectivity index (χ0v) is 27.9. The Labute approximate surface area is 281 Å². The number of hydrogen-bond acceptors (Lipinski definition) is 9. The lowest BCUT2D eigenvalue weighted by Gasteiger charge is -2.43. The summed E-state index contributed by atoms with van der Waals surface area (Å²) in [5.74, 6) is 0.850. The Morgan fingerprint density at radius 2 is 1.90 bits per heavy atom. The van der Waals surface area contributed by atoms with Crippen molar-refractivity contribution in [2.24, 2.45) is 7.05 Å². The van der Waals surface area contributed by atoms with Gasteiger partial charge < -0.3 is 23.8 Å². The highest BCUT2D eigenvalue weighted by Crippen LogP contribution is 2.44. The molecule has 5 heterocycles. The second-order valence-corrected chi connectivity index (χ2v) is 12.3. The zero-order chi connectivity index (χ0) is 35.0. The van der Waals surface area contributed by atoms with Crippen molar-refractivity contribution in [3.8, 4) is 16.9 Å². The van der Waals surface area contributed by atoms with Gasteiger partial charge >= 0.3 is 12.3 Å². The number of rotatable bonds is 9. The summed E-state index contributed by atoms with van der Waals surface area (Å²) >= 11 is 0. The lowest BCUT2D eigenvalue weighted by molar-refractivity contribution is -0.141. The van der Waals surface area contributed by atoms with Crippen LogP contribution in [-0.2, 0) is 24.5 Å². The number of imidazole rings is 1. The number of ketones is 1. The van der Waals surface area contributed by atoms with Crippen LogP contribution in [0.4, 0.5) is 23.9 Å². The van der Waals surface area contributed by atoms with Crippen LogP contribution in [0.2, 0.25) is 0 Å². The first kappa shape index (κ1) is 33.7. The number of aromatic nitrogens is 6. The number of carbonyl (C=O) groups excluding carboxylic acids is 2. The summed E-state index contributed by atoms with van der Waals surface area (Å²) in [5, 5.41) is 3.68. The van der Waals surface area contributed by atoms with E-state index in [9.17, 15) is 22.8 Å². The SMILES string of the molecule is CCCCOC(=O)N(C)C1CN(c2nc(C)cc(/C=C3\COc4c(cc(Cn5ccnc5C)cc4-c4cn(C)nc4C(F)(F)F)C3=O)n2)C1. The van der Waals surface area contributed by atoms with E-state index in [-0.39, 0.29) is 59.1 Å². The van der Waals surface area contributed by atoms with Gasteiger partial charge in [-0.15, -0.1) is 0 Å². The van der Waals surface area contributed by atoms with Gasteiger partial charge in [0.2, 0.25) is 5.95 Å². The Morgan fingerprint density at radius 1 is 1.14 bits per heavy atom. The molecule has 2 aliphatic heterocycles. The number of nitrogens with zero attached hydrogens (tertiary/aromatic N) is 8. The molecule has 15 heteroatoms. The number of hydrogen-bond donors (Lipinski definition) is 0. The Balaban J connectivity index is 1.29. The highest BCUT2D eigenvalue weighted by Gasteiger charge is 2.39. The number of likely N-dealkylation sites (N-methyl/N-ethyl adjacent to an activating group) is 1. The van der Waals surface area contributed by atoms with Crippen molar-refractivity contribution in [3.05, 3.63) is 76.4 Å². The van der Waals surface area contributed by atoms with Gasteiger partial charge in [-0.05, 0) is 50.1 Å². The van der Waals surface area contributed by atoms with Gasteiger partial charge in [0.05, 0.1) is 23.9 Å². The third kappa shape index (κ3) is 7.01. The summed E-state index contributed by atoms with van der Waals surface area (Å²) in [7, 11) is 3.12. The van der Waals surface area contributed by atoms with Crippen LogP contribution in [-0.4, -0.2) is 85.5 Å². The summed E-state index contributed by atoms with van der Waals surface area (Å²) in [6, 6.07) is 4.94. The summed E-state index contributed by atoms with van der Waals surface area (Å²) in [6.45, 7) is 7.18. The predicted octanol–water partition coefficient (Wildman–Crippen LogP) is 5.47. The molecule has 1 saturated heterocycles. The fourth-order valence-corrected chi connectivity index (χ4v) is 5.85. The average molecular weight is 679 g/mol. The molecule has 258 valence electrons. The molecular formula is C34H37F3N8O4. The molecule has 1 amide bonds. The number of Topliss-reactive ketones (excluding diaryl/α,β-unsaturated/α-hetero) is 1. The van der Waals surface area contributed by atoms with Crippen molar-refractivity contribution < 1.29 is 32.2 Å². The molecule has 0 N–H and O–H groups in total. The number of alkyl halides is 3. The molecule has 0 bridgehead atoms. The molecule has 0 aliphatic carbocycles. The second-order valence-electron chi connectivity index (χ2n) is 12.3. The van der Waals surface area contributed by atoms with E-state index in [0.29, 0.717) is 48.4 Å². The predicted molar refractivity (Wildman–Crippen MR) is 174 cm³/mol. The molecule has 3 aromatic heterocycles. The van der Waals surface area contributed by atoms with E-state index >= 15 is 0 Å². The molecule has 0 atom stereocenters. The highest BCUT2D eigenvalue weighted by atomic mass is 19.4. The van der Waals surface area contributed by atoms with Crippen molar-refractivity contribution in [2.75, 3.05) is 38.3 Å². The van der Waals surface area contributed by atoms with Crippen LogP contribution in [0, 0.1) is 13.8 Å². The number of ether oxygens (including phenoxy) is 2. The van der Waals surface area contributed by atoms with Crippen LogP contribution in [0.15, 0.2) is 42.4 Å². The van der Waals surface area contributed by atoms with Gasteiger partial charge in [-0.3, -0.25) is 9.48 Å². The summed E-state index contributed by atoms with van der Waals surface area (Å²) in [5.41, 5.74) is 1.06. The first-order valence-corrected chi connectivity index (χ1v) is 16.0. The Kier molecular flexibility index (Phi) is 9.18. The van der Waals surface area contributed by atoms with Crippen LogP contribution in [0.1, 0.15) is 58.6 Å². The third-order valence-electron chi connectivity index (χ3n) is 8.61. The highest BCUT2D eigenvalue weighted by molar-refractivity contribution is 6.15. The zero-order valence-electron chi connectivity index (χ0n) is 27.9. The molecule has 0 spiro atoms. The van der Waals surface area contributed by atoms with Crippen molar-refractivity contribution in [3.63, 3.8) is 0 Å². The minimum atomic E-state index is -4.73. The number of amides is 1. The second kappa shape index (κ2) is 13.4. The maximum Gasteiger partial charge on any atom is 0.435 e. The van der Waals surface area contributed by atoms with Crippen molar-refractivity contribution >= 4 is 23.9 Å². The van der Waals surface area contributed by atoms with Crippen LogP contribution in [0.25, 0.3) is 17.2 Å². The molecule has 6 rings (SSSR count). The third-order valence-corrected chi connectivity index (χ3v) is 8.61. The first-order chi connectivity index (χ1) is 23.3. The summed E-state index contributed by atoms with van der Waals surface area (Å²) in [6.07, 6.45) is 2.94. The largest absolute Gasteiger partial charge is 0.487 e. The lowest BCUT2D eigenvalue weighted by Crippen LogP contribution is -2.60. The number of halogens is 3. The number of fused-ring (bicyclic) bond motifs is 1. The van der Waals surface area contributed by atoms with Crippen molar-refractivity contribution in [1.82, 2.24) is 34.2 Å².